The number of aromatic carboxylic acids is 1. The van der Waals surface area contributed by atoms with E-state index in [4.69, 9.17) is 14.7 Å². The lowest BCUT2D eigenvalue weighted by Gasteiger charge is -2.11. The summed E-state index contributed by atoms with van der Waals surface area (Å²) in [5.74, 6) is -2.07. The summed E-state index contributed by atoms with van der Waals surface area (Å²) in [7, 11) is -4.04. The molecule has 3 N–H and O–H groups in total. The molecule has 0 bridgehead atoms. The van der Waals surface area contributed by atoms with E-state index in [0.717, 1.165) is 30.3 Å². The van der Waals surface area contributed by atoms with Crippen molar-refractivity contribution in [2.75, 3.05) is 5.01 Å². The van der Waals surface area contributed by atoms with E-state index in [1.807, 2.05) is 0 Å². The SMILES string of the molecule is NS(=O)(=O)c1ccc(N2N=C(C(F)(F)F)/C(=C\c3ccc(-c4ccc(C(=O)O)cc4)o3)C2=O)cc1. The topological polar surface area (TPSA) is 143 Å². The molecule has 1 aliphatic heterocycles. The van der Waals surface area contributed by atoms with Crippen LogP contribution in [0.15, 0.2) is 80.7 Å². The van der Waals surface area contributed by atoms with Crippen LogP contribution in [0.4, 0.5) is 18.9 Å². The first-order valence-corrected chi connectivity index (χ1v) is 11.2. The average Bonchev–Trinajstić information content (AvgIpc) is 3.38. The molecule has 180 valence electrons. The van der Waals surface area contributed by atoms with Gasteiger partial charge in [0, 0.05) is 5.56 Å². The number of amides is 1. The molecule has 1 aliphatic rings. The molecule has 0 unspecified atom stereocenters. The highest BCUT2D eigenvalue weighted by atomic mass is 32.2. The number of nitrogens with zero attached hydrogens (tertiary/aromatic N) is 2. The molecule has 2 aromatic carbocycles. The van der Waals surface area contributed by atoms with Gasteiger partial charge in [-0.25, -0.2) is 18.4 Å². The van der Waals surface area contributed by atoms with Gasteiger partial charge in [-0.2, -0.15) is 23.3 Å². The number of benzene rings is 2. The number of carboxylic acid groups (broad SMARTS) is 1. The number of hydrazone groups is 1. The van der Waals surface area contributed by atoms with E-state index in [9.17, 15) is 31.2 Å². The highest BCUT2D eigenvalue weighted by Crippen LogP contribution is 2.33. The van der Waals surface area contributed by atoms with E-state index < -0.39 is 39.4 Å². The highest BCUT2D eigenvalue weighted by molar-refractivity contribution is 7.89. The summed E-state index contributed by atoms with van der Waals surface area (Å²) in [4.78, 5) is 23.5. The van der Waals surface area contributed by atoms with Crippen LogP contribution >= 0.6 is 0 Å². The summed E-state index contributed by atoms with van der Waals surface area (Å²) in [5, 5.41) is 17.9. The summed E-state index contributed by atoms with van der Waals surface area (Å²) in [5.41, 5.74) is -1.83. The van der Waals surface area contributed by atoms with Gasteiger partial charge in [-0.15, -0.1) is 0 Å². The van der Waals surface area contributed by atoms with Gasteiger partial charge in [-0.3, -0.25) is 4.79 Å². The normalized spacial score (nSPS) is 15.5. The minimum atomic E-state index is -4.97. The third-order valence-corrected chi connectivity index (χ3v) is 5.82. The fourth-order valence-corrected chi connectivity index (χ4v) is 3.73. The van der Waals surface area contributed by atoms with Crippen molar-refractivity contribution in [3.63, 3.8) is 0 Å². The molecule has 0 saturated heterocycles. The van der Waals surface area contributed by atoms with Crippen molar-refractivity contribution < 1.29 is 40.7 Å². The third kappa shape index (κ3) is 4.85. The molecule has 0 spiro atoms. The number of anilines is 1. The van der Waals surface area contributed by atoms with E-state index in [1.165, 1.54) is 36.4 Å². The second-order valence-corrected chi connectivity index (χ2v) is 8.81. The minimum absolute atomic E-state index is 0.0439. The van der Waals surface area contributed by atoms with Gasteiger partial charge < -0.3 is 9.52 Å². The lowest BCUT2D eigenvalue weighted by Crippen LogP contribution is -2.25. The molecule has 0 aliphatic carbocycles. The first-order chi connectivity index (χ1) is 16.3. The maximum Gasteiger partial charge on any atom is 0.435 e. The predicted octanol–water partition coefficient (Wildman–Crippen LogP) is 3.64. The van der Waals surface area contributed by atoms with Crippen molar-refractivity contribution in [3.05, 3.63) is 77.6 Å². The molecule has 0 radical (unpaired) electrons. The summed E-state index contributed by atoms with van der Waals surface area (Å²) in [6.07, 6.45) is -4.08. The second kappa shape index (κ2) is 8.52. The van der Waals surface area contributed by atoms with Crippen LogP contribution in [0.3, 0.4) is 0 Å². The van der Waals surface area contributed by atoms with Crippen LogP contribution in [0.1, 0.15) is 16.1 Å². The number of carbonyl (C=O) groups excluding carboxylic acids is 1. The molecule has 2 heterocycles. The molecule has 9 nitrogen and oxygen atoms in total. The van der Waals surface area contributed by atoms with Crippen molar-refractivity contribution in [3.8, 4) is 11.3 Å². The monoisotopic (exact) mass is 505 g/mol. The number of halogens is 3. The van der Waals surface area contributed by atoms with Gasteiger partial charge in [-0.05, 0) is 54.6 Å². The van der Waals surface area contributed by atoms with E-state index in [2.05, 4.69) is 5.10 Å². The van der Waals surface area contributed by atoms with Crippen LogP contribution in [0, 0.1) is 0 Å². The Balaban J connectivity index is 1.67. The Morgan fingerprint density at radius 2 is 1.66 bits per heavy atom. The van der Waals surface area contributed by atoms with E-state index in [0.29, 0.717) is 10.6 Å². The summed E-state index contributed by atoms with van der Waals surface area (Å²) >= 11 is 0. The van der Waals surface area contributed by atoms with Crippen LogP contribution in [0.5, 0.6) is 0 Å². The first-order valence-electron chi connectivity index (χ1n) is 9.63. The number of sulfonamides is 1. The summed E-state index contributed by atoms with van der Waals surface area (Å²) in [6.45, 7) is 0. The molecule has 13 heteroatoms. The standard InChI is InChI=1S/C22H14F3N3O6S/c23-22(24,25)19-17(20(29)28(27-19)14-5-8-16(9-6-14)35(26,32)33)11-15-7-10-18(34-15)12-1-3-13(4-2-12)21(30)31/h1-11H,(H,30,31)(H2,26,32,33)/b17-11+. The van der Waals surface area contributed by atoms with E-state index in [-0.39, 0.29) is 27.7 Å². The lowest BCUT2D eigenvalue weighted by molar-refractivity contribution is -0.114. The van der Waals surface area contributed by atoms with Crippen molar-refractivity contribution >= 4 is 39.4 Å². The summed E-state index contributed by atoms with van der Waals surface area (Å²) < 4.78 is 69.3. The molecule has 0 atom stereocenters. The van der Waals surface area contributed by atoms with Gasteiger partial charge in [0.2, 0.25) is 10.0 Å². The Morgan fingerprint density at radius 3 is 2.20 bits per heavy atom. The number of primary sulfonamides is 1. The number of hydrogen-bond acceptors (Lipinski definition) is 6. The van der Waals surface area contributed by atoms with Crippen LogP contribution in [-0.4, -0.2) is 37.3 Å². The molecule has 3 aromatic rings. The van der Waals surface area contributed by atoms with Crippen molar-refractivity contribution in [2.45, 2.75) is 11.1 Å². The van der Waals surface area contributed by atoms with Crippen LogP contribution in [0.2, 0.25) is 0 Å². The Labute approximate surface area is 195 Å². The smallest absolute Gasteiger partial charge is 0.435 e. The number of nitrogens with two attached hydrogens (primary N) is 1. The number of hydrogen-bond donors (Lipinski definition) is 2. The summed E-state index contributed by atoms with van der Waals surface area (Å²) in [6, 6.07) is 12.7. The van der Waals surface area contributed by atoms with Crippen LogP contribution in [-0.2, 0) is 14.8 Å². The van der Waals surface area contributed by atoms with Gasteiger partial charge in [0.1, 0.15) is 11.5 Å². The Morgan fingerprint density at radius 1 is 1.03 bits per heavy atom. The molecule has 35 heavy (non-hydrogen) atoms. The fraction of sp³-hybridized carbons (Fsp3) is 0.0455. The average molecular weight is 505 g/mol. The largest absolute Gasteiger partial charge is 0.478 e. The number of rotatable bonds is 5. The van der Waals surface area contributed by atoms with Crippen molar-refractivity contribution in [1.29, 1.82) is 0 Å². The number of carboxylic acids is 1. The van der Waals surface area contributed by atoms with Gasteiger partial charge in [-0.1, -0.05) is 12.1 Å². The van der Waals surface area contributed by atoms with E-state index >= 15 is 0 Å². The van der Waals surface area contributed by atoms with Crippen LogP contribution in [0.25, 0.3) is 17.4 Å². The second-order valence-electron chi connectivity index (χ2n) is 7.24. The van der Waals surface area contributed by atoms with Gasteiger partial charge >= 0.3 is 12.1 Å². The quantitative estimate of drug-likeness (QED) is 0.507. The molecule has 1 aromatic heterocycles. The predicted molar refractivity (Wildman–Crippen MR) is 118 cm³/mol. The maximum absolute atomic E-state index is 13.6. The zero-order valence-corrected chi connectivity index (χ0v) is 18.2. The lowest BCUT2D eigenvalue weighted by atomic mass is 10.1. The van der Waals surface area contributed by atoms with Crippen LogP contribution < -0.4 is 10.1 Å². The zero-order chi connectivity index (χ0) is 25.5. The van der Waals surface area contributed by atoms with Gasteiger partial charge in [0.05, 0.1) is 21.7 Å². The molecule has 0 fully saturated rings. The highest BCUT2D eigenvalue weighted by Gasteiger charge is 2.47. The number of alkyl halides is 3. The molecular weight excluding hydrogens is 491 g/mol. The number of carbonyl (C=O) groups is 2. The Bertz CT molecular complexity index is 1490. The van der Waals surface area contributed by atoms with Crippen molar-refractivity contribution in [1.82, 2.24) is 0 Å². The number of furan rings is 1. The van der Waals surface area contributed by atoms with Gasteiger partial charge in [0.25, 0.3) is 5.91 Å². The Kier molecular flexibility index (Phi) is 5.82. The maximum atomic E-state index is 13.6. The first kappa shape index (κ1) is 23.9. The Hall–Kier alpha value is -4.23. The third-order valence-electron chi connectivity index (χ3n) is 4.89. The molecular formula is C22H14F3N3O6S. The van der Waals surface area contributed by atoms with E-state index in [1.54, 1.807) is 0 Å². The van der Waals surface area contributed by atoms with Crippen molar-refractivity contribution in [2.24, 2.45) is 10.2 Å². The minimum Gasteiger partial charge on any atom is -0.478 e. The molecule has 4 rings (SSSR count). The fourth-order valence-electron chi connectivity index (χ4n) is 3.21. The van der Waals surface area contributed by atoms with Gasteiger partial charge in [0.15, 0.2) is 5.71 Å². The molecule has 1 amide bonds. The molecule has 0 saturated carbocycles. The zero-order valence-electron chi connectivity index (χ0n) is 17.4.